The van der Waals surface area contributed by atoms with E-state index in [2.05, 4.69) is 26.6 Å². The summed E-state index contributed by atoms with van der Waals surface area (Å²) in [6, 6.07) is 10.1. The van der Waals surface area contributed by atoms with Gasteiger partial charge in [0.05, 0.1) is 11.3 Å². The minimum absolute atomic E-state index is 0.0490. The van der Waals surface area contributed by atoms with Gasteiger partial charge < -0.3 is 10.6 Å². The molecule has 2 amide bonds. The number of rotatable bonds is 5. The molecule has 4 nitrogen and oxygen atoms in total. The Hall–Kier alpha value is -2.75. The number of halogens is 10. The number of anilines is 1. The van der Waals surface area contributed by atoms with Gasteiger partial charge in [0.1, 0.15) is 5.82 Å². The number of amides is 2. The quantitative estimate of drug-likeness (QED) is 0.209. The molecule has 0 unspecified atom stereocenters. The van der Waals surface area contributed by atoms with Crippen molar-refractivity contribution in [3.8, 4) is 11.1 Å². The number of hydrogen-bond donors (Lipinski definition) is 2. The van der Waals surface area contributed by atoms with E-state index in [-0.39, 0.29) is 37.6 Å². The largest absolute Gasteiger partial charge is 0.435 e. The van der Waals surface area contributed by atoms with Crippen LogP contribution in [0.1, 0.15) is 26.3 Å². The average molecular weight is 721 g/mol. The molecule has 3 aromatic carbocycles. The lowest BCUT2D eigenvalue weighted by Gasteiger charge is -2.31. The summed E-state index contributed by atoms with van der Waals surface area (Å²) in [6.07, 6.45) is -12.6. The molecule has 0 aliphatic rings. The summed E-state index contributed by atoms with van der Waals surface area (Å²) in [4.78, 5) is 25.1. The predicted octanol–water partition coefficient (Wildman–Crippen LogP) is 7.76. The first kappa shape index (κ1) is 29.8. The lowest BCUT2D eigenvalue weighted by Crippen LogP contribution is -2.50. The maximum Gasteiger partial charge on any atom is 0.435 e. The van der Waals surface area contributed by atoms with E-state index in [4.69, 9.17) is 0 Å². The van der Waals surface area contributed by atoms with Crippen LogP contribution in [0.15, 0.2) is 59.1 Å². The molecule has 0 radical (unpaired) electrons. The SMILES string of the molecule is CNC(=O)c1cccc(-c2ccccc2C(=O)Nc2c(Br)cc(C(F)(C(F)(F)F)C(F)(F)F)cc2I)c1F. The Morgan fingerprint density at radius 1 is 0.816 bits per heavy atom. The first-order valence-electron chi connectivity index (χ1n) is 10.3. The predicted molar refractivity (Wildman–Crippen MR) is 135 cm³/mol. The number of alkyl halides is 7. The fourth-order valence-electron chi connectivity index (χ4n) is 3.53. The molecule has 38 heavy (non-hydrogen) atoms. The highest BCUT2D eigenvalue weighted by Crippen LogP contribution is 2.54. The maximum atomic E-state index is 15.1. The fraction of sp³-hybridized carbons (Fsp3) is 0.167. The van der Waals surface area contributed by atoms with Crippen LogP contribution in [-0.2, 0) is 5.67 Å². The molecule has 0 fully saturated rings. The maximum absolute atomic E-state index is 15.1. The highest BCUT2D eigenvalue weighted by Gasteiger charge is 2.73. The van der Waals surface area contributed by atoms with Gasteiger partial charge in [-0.2, -0.15) is 26.3 Å². The minimum atomic E-state index is -6.31. The normalized spacial score (nSPS) is 12.3. The van der Waals surface area contributed by atoms with Crippen molar-refractivity contribution in [1.29, 1.82) is 0 Å². The van der Waals surface area contributed by atoms with Crippen molar-refractivity contribution in [2.45, 2.75) is 18.0 Å². The molecule has 0 heterocycles. The van der Waals surface area contributed by atoms with E-state index in [0.29, 0.717) is 6.07 Å². The van der Waals surface area contributed by atoms with Crippen molar-refractivity contribution >= 4 is 56.0 Å². The van der Waals surface area contributed by atoms with Gasteiger partial charge in [-0.25, -0.2) is 8.78 Å². The summed E-state index contributed by atoms with van der Waals surface area (Å²) in [5, 5.41) is 4.63. The third-order valence-electron chi connectivity index (χ3n) is 5.39. The molecule has 0 saturated heterocycles. The van der Waals surface area contributed by atoms with Gasteiger partial charge in [-0.15, -0.1) is 0 Å². The van der Waals surface area contributed by atoms with Crippen LogP contribution in [0.3, 0.4) is 0 Å². The van der Waals surface area contributed by atoms with E-state index in [1.54, 1.807) is 0 Å². The van der Waals surface area contributed by atoms with Crippen LogP contribution in [0.25, 0.3) is 11.1 Å². The van der Waals surface area contributed by atoms with Gasteiger partial charge in [-0.1, -0.05) is 30.3 Å². The lowest BCUT2D eigenvalue weighted by atomic mass is 9.94. The fourth-order valence-corrected chi connectivity index (χ4v) is 5.22. The first-order valence-corrected chi connectivity index (χ1v) is 12.1. The Balaban J connectivity index is 2.06. The van der Waals surface area contributed by atoms with Gasteiger partial charge in [0.15, 0.2) is 0 Å². The van der Waals surface area contributed by atoms with Gasteiger partial charge in [0, 0.05) is 31.8 Å². The third-order valence-corrected chi connectivity index (χ3v) is 6.87. The molecule has 0 saturated carbocycles. The second kappa shape index (κ2) is 10.8. The highest BCUT2D eigenvalue weighted by atomic mass is 127. The van der Waals surface area contributed by atoms with Crippen molar-refractivity contribution in [2.75, 3.05) is 12.4 Å². The van der Waals surface area contributed by atoms with Crippen molar-refractivity contribution in [2.24, 2.45) is 0 Å². The summed E-state index contributed by atoms with van der Waals surface area (Å²) in [5.41, 5.74) is -8.13. The van der Waals surface area contributed by atoms with Gasteiger partial charge >= 0.3 is 18.0 Å². The molecule has 0 spiro atoms. The van der Waals surface area contributed by atoms with E-state index < -0.39 is 45.7 Å². The van der Waals surface area contributed by atoms with Crippen molar-refractivity contribution in [3.05, 3.63) is 85.1 Å². The second-order valence-corrected chi connectivity index (χ2v) is 9.73. The zero-order chi connectivity index (χ0) is 28.6. The summed E-state index contributed by atoms with van der Waals surface area (Å²) in [5.74, 6) is -2.55. The molecule has 0 atom stereocenters. The van der Waals surface area contributed by atoms with E-state index in [0.717, 1.165) is 0 Å². The highest BCUT2D eigenvalue weighted by molar-refractivity contribution is 14.1. The van der Waals surface area contributed by atoms with Crippen LogP contribution in [0.2, 0.25) is 0 Å². The molecule has 3 rings (SSSR count). The van der Waals surface area contributed by atoms with Crippen LogP contribution in [0.5, 0.6) is 0 Å². The smallest absolute Gasteiger partial charge is 0.355 e. The first-order chi connectivity index (χ1) is 17.5. The Kier molecular flexibility index (Phi) is 8.46. The van der Waals surface area contributed by atoms with Gasteiger partial charge in [0.25, 0.3) is 11.8 Å². The van der Waals surface area contributed by atoms with Crippen LogP contribution in [0, 0.1) is 9.39 Å². The zero-order valence-electron chi connectivity index (χ0n) is 18.8. The Labute approximate surface area is 232 Å². The zero-order valence-corrected chi connectivity index (χ0v) is 22.5. The second-order valence-electron chi connectivity index (χ2n) is 7.71. The van der Waals surface area contributed by atoms with Crippen LogP contribution >= 0.6 is 38.5 Å². The molecule has 0 aromatic heterocycles. The van der Waals surface area contributed by atoms with Gasteiger partial charge in [-0.3, -0.25) is 9.59 Å². The number of carbonyl (C=O) groups is 2. The Morgan fingerprint density at radius 2 is 1.37 bits per heavy atom. The van der Waals surface area contributed by atoms with Crippen LogP contribution in [0.4, 0.5) is 40.8 Å². The van der Waals surface area contributed by atoms with E-state index >= 15 is 4.39 Å². The molecular formula is C24H14BrF8IN2O2. The van der Waals surface area contributed by atoms with E-state index in [1.807, 2.05) is 0 Å². The van der Waals surface area contributed by atoms with Gasteiger partial charge in [0.2, 0.25) is 0 Å². The topological polar surface area (TPSA) is 58.2 Å². The van der Waals surface area contributed by atoms with E-state index in [9.17, 15) is 40.3 Å². The summed E-state index contributed by atoms with van der Waals surface area (Å²) < 4.78 is 108. The number of benzene rings is 3. The van der Waals surface area contributed by atoms with Crippen molar-refractivity contribution in [1.82, 2.24) is 5.32 Å². The summed E-state index contributed by atoms with van der Waals surface area (Å²) >= 11 is 4.16. The van der Waals surface area contributed by atoms with Crippen LogP contribution in [-0.4, -0.2) is 31.2 Å². The molecule has 0 bridgehead atoms. The number of nitrogens with one attached hydrogen (secondary N) is 2. The van der Waals surface area contributed by atoms with Crippen molar-refractivity contribution in [3.63, 3.8) is 0 Å². The van der Waals surface area contributed by atoms with Gasteiger partial charge in [-0.05, 0) is 68.3 Å². The molecular weight excluding hydrogens is 707 g/mol. The average Bonchev–Trinajstić information content (AvgIpc) is 2.83. The van der Waals surface area contributed by atoms with E-state index in [1.165, 1.54) is 72.1 Å². The number of hydrogen-bond acceptors (Lipinski definition) is 2. The summed E-state index contributed by atoms with van der Waals surface area (Å²) in [7, 11) is 1.30. The minimum Gasteiger partial charge on any atom is -0.355 e. The molecule has 2 N–H and O–H groups in total. The summed E-state index contributed by atoms with van der Waals surface area (Å²) in [6.45, 7) is 0. The molecule has 3 aromatic rings. The Morgan fingerprint density at radius 3 is 1.92 bits per heavy atom. The Bertz CT molecular complexity index is 1370. The van der Waals surface area contributed by atoms with Crippen LogP contribution < -0.4 is 10.6 Å². The number of carbonyl (C=O) groups excluding carboxylic acids is 2. The monoisotopic (exact) mass is 720 g/mol. The molecule has 0 aliphatic heterocycles. The molecule has 0 aliphatic carbocycles. The molecule has 14 heteroatoms. The van der Waals surface area contributed by atoms with Crippen molar-refractivity contribution < 1.29 is 44.7 Å². The third kappa shape index (κ3) is 5.37. The molecule has 202 valence electrons. The standard InChI is InChI=1S/C24H14BrF8IN2O2/c1-35-20(37)15-8-4-7-13(18(15)26)12-5-2-3-6-14(12)21(38)36-19-16(25)9-11(10-17(19)34)22(27,23(28,29)30)24(31,32)33/h2-10H,1H3,(H,35,37)(H,36,38). The lowest BCUT2D eigenvalue weighted by molar-refractivity contribution is -0.348.